The average Bonchev–Trinajstić information content (AvgIpc) is 2.86. The number of aromatic nitrogens is 1. The maximum Gasteiger partial charge on any atom is 0.242 e. The van der Waals surface area contributed by atoms with Crippen LogP contribution in [0.3, 0.4) is 0 Å². The molecular weight excluding hydrogens is 426 g/mol. The van der Waals surface area contributed by atoms with Gasteiger partial charge in [-0.3, -0.25) is 14.6 Å². The van der Waals surface area contributed by atoms with Crippen LogP contribution in [0.1, 0.15) is 54.8 Å². The molecule has 0 spiro atoms. The standard InChI is InChI=1S/C28H31N3O3/c32-19-25-28(22-13-11-21(12-14-22)10-9-20-6-2-1-3-7-20)24-17-30(18-27(34)31(24)25)26(33)16-23-8-4-5-15-29-23/h4-5,8,11-15,20,24-25,28,32H,1-3,6-7,16-19H2/t24-,25-,28-/m0/s1. The molecule has 1 N–H and O–H groups in total. The highest BCUT2D eigenvalue weighted by Gasteiger charge is 2.54. The van der Waals surface area contributed by atoms with Gasteiger partial charge >= 0.3 is 0 Å². The minimum atomic E-state index is -0.246. The van der Waals surface area contributed by atoms with Crippen LogP contribution >= 0.6 is 0 Å². The summed E-state index contributed by atoms with van der Waals surface area (Å²) in [6.45, 7) is 0.445. The highest BCUT2D eigenvalue weighted by Crippen LogP contribution is 2.43. The Morgan fingerprint density at radius 3 is 2.59 bits per heavy atom. The van der Waals surface area contributed by atoms with Crippen LogP contribution in [0.25, 0.3) is 0 Å². The van der Waals surface area contributed by atoms with E-state index < -0.39 is 0 Å². The molecule has 0 radical (unpaired) electrons. The maximum absolute atomic E-state index is 12.9. The van der Waals surface area contributed by atoms with Crippen LogP contribution in [0.5, 0.6) is 0 Å². The predicted octanol–water partition coefficient (Wildman–Crippen LogP) is 2.75. The lowest BCUT2D eigenvalue weighted by Gasteiger charge is -2.58. The Morgan fingerprint density at radius 2 is 1.88 bits per heavy atom. The van der Waals surface area contributed by atoms with Gasteiger partial charge in [0.15, 0.2) is 0 Å². The fraction of sp³-hybridized carbons (Fsp3) is 0.464. The molecule has 6 nitrogen and oxygen atoms in total. The van der Waals surface area contributed by atoms with Crippen LogP contribution in [0.4, 0.5) is 0 Å². The van der Waals surface area contributed by atoms with E-state index in [2.05, 4.69) is 29.0 Å². The van der Waals surface area contributed by atoms with E-state index in [-0.39, 0.29) is 49.4 Å². The number of carbonyl (C=O) groups is 2. The fourth-order valence-corrected chi connectivity index (χ4v) is 5.68. The number of hydrogen-bond acceptors (Lipinski definition) is 4. The minimum absolute atomic E-state index is 0.000228. The molecule has 1 saturated carbocycles. The molecule has 2 aliphatic heterocycles. The number of aliphatic hydroxyl groups excluding tert-OH is 1. The van der Waals surface area contributed by atoms with Gasteiger partial charge in [-0.15, -0.1) is 0 Å². The molecule has 0 unspecified atom stereocenters. The topological polar surface area (TPSA) is 73.7 Å². The first-order chi connectivity index (χ1) is 16.6. The number of aliphatic hydroxyl groups is 1. The molecule has 5 rings (SSSR count). The Bertz CT molecular complexity index is 1080. The van der Waals surface area contributed by atoms with Gasteiger partial charge in [0.2, 0.25) is 11.8 Å². The van der Waals surface area contributed by atoms with Crippen molar-refractivity contribution in [1.82, 2.24) is 14.8 Å². The van der Waals surface area contributed by atoms with Gasteiger partial charge in [0, 0.05) is 35.8 Å². The zero-order valence-electron chi connectivity index (χ0n) is 19.4. The Morgan fingerprint density at radius 1 is 1.09 bits per heavy atom. The molecule has 3 heterocycles. The summed E-state index contributed by atoms with van der Waals surface area (Å²) in [5.74, 6) is 7.08. The zero-order valence-corrected chi connectivity index (χ0v) is 19.4. The molecular formula is C28H31N3O3. The molecule has 6 heteroatoms. The van der Waals surface area contributed by atoms with E-state index in [0.717, 1.165) is 11.1 Å². The van der Waals surface area contributed by atoms with E-state index >= 15 is 0 Å². The highest BCUT2D eigenvalue weighted by atomic mass is 16.3. The van der Waals surface area contributed by atoms with Crippen molar-refractivity contribution in [1.29, 1.82) is 0 Å². The summed E-state index contributed by atoms with van der Waals surface area (Å²) in [5, 5.41) is 10.0. The lowest BCUT2D eigenvalue weighted by atomic mass is 9.73. The Labute approximate surface area is 201 Å². The minimum Gasteiger partial charge on any atom is -0.394 e. The second kappa shape index (κ2) is 9.99. The molecule has 176 valence electrons. The molecule has 3 aliphatic rings. The smallest absolute Gasteiger partial charge is 0.242 e. The Hall–Kier alpha value is -3.17. The maximum atomic E-state index is 12.9. The van der Waals surface area contributed by atoms with Crippen LogP contribution in [0.2, 0.25) is 0 Å². The number of pyridine rings is 1. The summed E-state index contributed by atoms with van der Waals surface area (Å²) < 4.78 is 0. The third-order valence-corrected chi connectivity index (χ3v) is 7.48. The van der Waals surface area contributed by atoms with Crippen LogP contribution in [-0.2, 0) is 16.0 Å². The molecule has 1 aliphatic carbocycles. The number of amides is 2. The monoisotopic (exact) mass is 457 g/mol. The molecule has 1 aromatic carbocycles. The quantitative estimate of drug-likeness (QED) is 0.717. The summed E-state index contributed by atoms with van der Waals surface area (Å²) >= 11 is 0. The molecule has 0 bridgehead atoms. The van der Waals surface area contributed by atoms with Crippen molar-refractivity contribution in [2.24, 2.45) is 5.92 Å². The highest BCUT2D eigenvalue weighted by molar-refractivity contribution is 5.88. The van der Waals surface area contributed by atoms with E-state index in [0.29, 0.717) is 18.2 Å². The van der Waals surface area contributed by atoms with Crippen molar-refractivity contribution in [3.8, 4) is 11.8 Å². The second-order valence-electron chi connectivity index (χ2n) is 9.64. The third-order valence-electron chi connectivity index (χ3n) is 7.48. The van der Waals surface area contributed by atoms with Crippen LogP contribution in [0.15, 0.2) is 48.7 Å². The average molecular weight is 458 g/mol. The van der Waals surface area contributed by atoms with Crippen molar-refractivity contribution in [3.05, 3.63) is 65.5 Å². The summed E-state index contributed by atoms with van der Waals surface area (Å²) in [6, 6.07) is 13.3. The SMILES string of the molecule is O=C(Cc1ccccn1)N1CC(=O)N2[C@@H](CO)[C@@H](c3ccc(C#CC4CCCCC4)cc3)[C@@H]2C1. The summed E-state index contributed by atoms with van der Waals surface area (Å²) in [6.07, 6.45) is 8.14. The van der Waals surface area contributed by atoms with Crippen molar-refractivity contribution in [2.75, 3.05) is 19.7 Å². The number of nitrogens with zero attached hydrogens (tertiary/aromatic N) is 3. The zero-order chi connectivity index (χ0) is 23.5. The summed E-state index contributed by atoms with van der Waals surface area (Å²) in [5.41, 5.74) is 2.78. The fourth-order valence-electron chi connectivity index (χ4n) is 5.68. The van der Waals surface area contributed by atoms with E-state index in [9.17, 15) is 14.7 Å². The number of benzene rings is 1. The lowest BCUT2D eigenvalue weighted by molar-refractivity contribution is -0.166. The van der Waals surface area contributed by atoms with Gasteiger partial charge in [-0.2, -0.15) is 0 Å². The van der Waals surface area contributed by atoms with Gasteiger partial charge in [-0.05, 0) is 42.7 Å². The van der Waals surface area contributed by atoms with E-state index in [1.54, 1.807) is 16.0 Å². The summed E-state index contributed by atoms with van der Waals surface area (Å²) in [4.78, 5) is 33.4. The molecule has 34 heavy (non-hydrogen) atoms. The number of carbonyl (C=O) groups excluding carboxylic acids is 2. The first kappa shape index (κ1) is 22.6. The van der Waals surface area contributed by atoms with E-state index in [1.807, 2.05) is 30.3 Å². The Balaban J connectivity index is 1.28. The van der Waals surface area contributed by atoms with Gasteiger partial charge in [-0.1, -0.05) is 49.3 Å². The van der Waals surface area contributed by atoms with E-state index in [4.69, 9.17) is 0 Å². The first-order valence-electron chi connectivity index (χ1n) is 12.4. The predicted molar refractivity (Wildman–Crippen MR) is 129 cm³/mol. The van der Waals surface area contributed by atoms with Crippen LogP contribution in [0, 0.1) is 17.8 Å². The lowest BCUT2D eigenvalue weighted by Crippen LogP contribution is -2.73. The van der Waals surface area contributed by atoms with Crippen molar-refractivity contribution >= 4 is 11.8 Å². The van der Waals surface area contributed by atoms with E-state index in [1.165, 1.54) is 32.1 Å². The first-order valence-corrected chi connectivity index (χ1v) is 12.4. The third kappa shape index (κ3) is 4.58. The molecule has 3 atom stereocenters. The van der Waals surface area contributed by atoms with Crippen molar-refractivity contribution in [3.63, 3.8) is 0 Å². The van der Waals surface area contributed by atoms with Crippen LogP contribution < -0.4 is 0 Å². The number of fused-ring (bicyclic) bond motifs is 1. The number of piperazine rings is 1. The number of rotatable bonds is 4. The van der Waals surface area contributed by atoms with Gasteiger partial charge in [0.1, 0.15) is 0 Å². The van der Waals surface area contributed by atoms with Crippen molar-refractivity contribution < 1.29 is 14.7 Å². The van der Waals surface area contributed by atoms with Crippen LogP contribution in [-0.4, -0.2) is 63.5 Å². The number of hydrogen-bond donors (Lipinski definition) is 1. The summed E-state index contributed by atoms with van der Waals surface area (Å²) in [7, 11) is 0. The molecule has 1 aromatic heterocycles. The Kier molecular flexibility index (Phi) is 6.64. The normalized spacial score (nSPS) is 24.6. The van der Waals surface area contributed by atoms with Gasteiger partial charge in [0.25, 0.3) is 0 Å². The van der Waals surface area contributed by atoms with Gasteiger partial charge in [0.05, 0.1) is 31.7 Å². The largest absolute Gasteiger partial charge is 0.394 e. The molecule has 2 amide bonds. The molecule has 2 aromatic rings. The molecule has 2 saturated heterocycles. The van der Waals surface area contributed by atoms with Crippen molar-refractivity contribution in [2.45, 2.75) is 56.5 Å². The second-order valence-corrected chi connectivity index (χ2v) is 9.64. The van der Waals surface area contributed by atoms with Gasteiger partial charge in [-0.25, -0.2) is 0 Å². The molecule has 3 fully saturated rings. The van der Waals surface area contributed by atoms with Gasteiger partial charge < -0.3 is 14.9 Å².